The van der Waals surface area contributed by atoms with Crippen molar-refractivity contribution in [1.82, 2.24) is 20.2 Å². The van der Waals surface area contributed by atoms with Crippen molar-refractivity contribution >= 4 is 17.3 Å². The van der Waals surface area contributed by atoms with Crippen molar-refractivity contribution in [1.29, 1.82) is 0 Å². The lowest BCUT2D eigenvalue weighted by Crippen LogP contribution is -2.18. The predicted molar refractivity (Wildman–Crippen MR) is 77.2 cm³/mol. The molecule has 0 saturated heterocycles. The first kappa shape index (κ1) is 12.1. The van der Waals surface area contributed by atoms with E-state index in [1.54, 1.807) is 6.07 Å². The van der Waals surface area contributed by atoms with E-state index in [2.05, 4.69) is 15.5 Å². The molecule has 0 spiro atoms. The Hall–Kier alpha value is -1.62. The van der Waals surface area contributed by atoms with E-state index in [0.717, 1.165) is 23.2 Å². The number of nitrogens with two attached hydrogens (primary N) is 1. The van der Waals surface area contributed by atoms with Gasteiger partial charge in [-0.3, -0.25) is 0 Å². The van der Waals surface area contributed by atoms with E-state index in [4.69, 9.17) is 17.3 Å². The quantitative estimate of drug-likeness (QED) is 0.863. The summed E-state index contributed by atoms with van der Waals surface area (Å²) >= 11 is 6.10. The van der Waals surface area contributed by atoms with E-state index >= 15 is 0 Å². The van der Waals surface area contributed by atoms with Crippen LogP contribution in [-0.4, -0.2) is 20.2 Å². The Morgan fingerprint density at radius 2 is 2.15 bits per heavy atom. The Morgan fingerprint density at radius 1 is 1.25 bits per heavy atom. The molecule has 2 aliphatic rings. The second kappa shape index (κ2) is 4.45. The zero-order chi connectivity index (χ0) is 13.7. The van der Waals surface area contributed by atoms with Gasteiger partial charge in [-0.25, -0.2) is 4.68 Å². The van der Waals surface area contributed by atoms with Gasteiger partial charge < -0.3 is 5.73 Å². The van der Waals surface area contributed by atoms with Crippen molar-refractivity contribution in [2.24, 2.45) is 11.8 Å². The smallest absolute Gasteiger partial charge is 0.182 e. The topological polar surface area (TPSA) is 69.6 Å². The molecule has 2 aliphatic carbocycles. The van der Waals surface area contributed by atoms with Gasteiger partial charge >= 0.3 is 0 Å². The molecule has 0 amide bonds. The van der Waals surface area contributed by atoms with Crippen molar-refractivity contribution in [3.8, 4) is 11.4 Å². The third-order valence-electron chi connectivity index (χ3n) is 4.77. The zero-order valence-corrected chi connectivity index (χ0v) is 11.8. The summed E-state index contributed by atoms with van der Waals surface area (Å²) in [6.07, 6.45) is 5.20. The minimum absolute atomic E-state index is 0.440. The minimum atomic E-state index is 0.440. The van der Waals surface area contributed by atoms with Gasteiger partial charge in [0, 0.05) is 5.56 Å². The number of halogens is 1. The Kier molecular flexibility index (Phi) is 2.70. The molecule has 2 N–H and O–H groups in total. The van der Waals surface area contributed by atoms with Gasteiger partial charge in [-0.05, 0) is 59.7 Å². The van der Waals surface area contributed by atoms with Crippen LogP contribution in [0.1, 0.15) is 31.7 Å². The Morgan fingerprint density at radius 3 is 2.85 bits per heavy atom. The molecule has 1 aromatic carbocycles. The van der Waals surface area contributed by atoms with Gasteiger partial charge in [0.1, 0.15) is 0 Å². The second-order valence-corrected chi connectivity index (χ2v) is 6.33. The second-order valence-electron chi connectivity index (χ2n) is 5.93. The van der Waals surface area contributed by atoms with Gasteiger partial charge in [-0.1, -0.05) is 18.0 Å². The number of aromatic nitrogens is 4. The van der Waals surface area contributed by atoms with Crippen molar-refractivity contribution < 1.29 is 0 Å². The SMILES string of the molecule is Nc1ccc(-c2nnnn2C2CC3CCC2C3)cc1Cl. The van der Waals surface area contributed by atoms with Crippen LogP contribution in [0, 0.1) is 11.8 Å². The van der Waals surface area contributed by atoms with E-state index in [0.29, 0.717) is 16.8 Å². The maximum absolute atomic E-state index is 6.10. The van der Waals surface area contributed by atoms with E-state index < -0.39 is 0 Å². The first-order valence-electron chi connectivity index (χ1n) is 7.05. The number of nitrogens with zero attached hydrogens (tertiary/aromatic N) is 4. The van der Waals surface area contributed by atoms with Gasteiger partial charge in [0.2, 0.25) is 0 Å². The fraction of sp³-hybridized carbons (Fsp3) is 0.500. The van der Waals surface area contributed by atoms with Crippen LogP contribution in [-0.2, 0) is 0 Å². The molecular weight excluding hydrogens is 274 g/mol. The standard InChI is InChI=1S/C14H16ClN5/c15-11-7-10(3-4-12(11)16)14-17-18-19-20(14)13-6-8-1-2-9(13)5-8/h3-4,7-9,13H,1-2,5-6,16H2. The molecule has 3 unspecified atom stereocenters. The summed E-state index contributed by atoms with van der Waals surface area (Å²) in [6, 6.07) is 6.01. The number of rotatable bonds is 2. The van der Waals surface area contributed by atoms with Crippen LogP contribution in [0.2, 0.25) is 5.02 Å². The average Bonchev–Trinajstić information content (AvgIpc) is 3.16. The van der Waals surface area contributed by atoms with E-state index in [-0.39, 0.29) is 0 Å². The largest absolute Gasteiger partial charge is 0.398 e. The van der Waals surface area contributed by atoms with Crippen LogP contribution in [0.15, 0.2) is 18.2 Å². The highest BCUT2D eigenvalue weighted by Gasteiger charge is 2.42. The molecule has 2 aromatic rings. The molecule has 2 saturated carbocycles. The monoisotopic (exact) mass is 289 g/mol. The van der Waals surface area contributed by atoms with Gasteiger partial charge in [-0.2, -0.15) is 0 Å². The number of tetrazole rings is 1. The van der Waals surface area contributed by atoms with Gasteiger partial charge in [0.15, 0.2) is 5.82 Å². The number of fused-ring (bicyclic) bond motifs is 2. The molecule has 0 radical (unpaired) electrons. The summed E-state index contributed by atoms with van der Waals surface area (Å²) in [5.41, 5.74) is 7.27. The summed E-state index contributed by atoms with van der Waals surface area (Å²) in [5.74, 6) is 2.38. The highest BCUT2D eigenvalue weighted by atomic mass is 35.5. The van der Waals surface area contributed by atoms with Crippen molar-refractivity contribution in [2.45, 2.75) is 31.7 Å². The summed E-state index contributed by atoms with van der Waals surface area (Å²) in [7, 11) is 0. The lowest BCUT2D eigenvalue weighted by atomic mass is 9.95. The highest BCUT2D eigenvalue weighted by molar-refractivity contribution is 6.33. The number of hydrogen-bond acceptors (Lipinski definition) is 4. The maximum Gasteiger partial charge on any atom is 0.182 e. The summed E-state index contributed by atoms with van der Waals surface area (Å²) in [6.45, 7) is 0. The molecule has 0 aliphatic heterocycles. The van der Waals surface area contributed by atoms with Crippen molar-refractivity contribution in [3.05, 3.63) is 23.2 Å². The Labute approximate surface area is 122 Å². The van der Waals surface area contributed by atoms with Crippen LogP contribution >= 0.6 is 11.6 Å². The molecule has 104 valence electrons. The minimum Gasteiger partial charge on any atom is -0.398 e. The molecular formula is C14H16ClN5. The summed E-state index contributed by atoms with van der Waals surface area (Å²) < 4.78 is 1.99. The first-order chi connectivity index (χ1) is 9.72. The van der Waals surface area contributed by atoms with E-state index in [1.165, 1.54) is 25.7 Å². The number of hydrogen-bond donors (Lipinski definition) is 1. The van der Waals surface area contributed by atoms with Gasteiger partial charge in [-0.15, -0.1) is 5.10 Å². The lowest BCUT2D eigenvalue weighted by molar-refractivity contribution is 0.304. The van der Waals surface area contributed by atoms with Crippen LogP contribution in [0.25, 0.3) is 11.4 Å². The fourth-order valence-corrected chi connectivity index (χ4v) is 3.96. The van der Waals surface area contributed by atoms with E-state index in [1.807, 2.05) is 16.8 Å². The van der Waals surface area contributed by atoms with Crippen molar-refractivity contribution in [2.75, 3.05) is 5.73 Å². The van der Waals surface area contributed by atoms with Crippen LogP contribution in [0.4, 0.5) is 5.69 Å². The molecule has 2 fully saturated rings. The molecule has 6 heteroatoms. The third kappa shape index (κ3) is 1.80. The first-order valence-corrected chi connectivity index (χ1v) is 7.43. The van der Waals surface area contributed by atoms with Gasteiger partial charge in [0.05, 0.1) is 16.8 Å². The normalized spacial score (nSPS) is 28.1. The lowest BCUT2D eigenvalue weighted by Gasteiger charge is -2.22. The molecule has 20 heavy (non-hydrogen) atoms. The number of benzene rings is 1. The Balaban J connectivity index is 1.73. The highest BCUT2D eigenvalue weighted by Crippen LogP contribution is 2.51. The zero-order valence-electron chi connectivity index (χ0n) is 11.0. The summed E-state index contributed by atoms with van der Waals surface area (Å²) in [5, 5.41) is 12.8. The third-order valence-corrected chi connectivity index (χ3v) is 5.09. The predicted octanol–water partition coefficient (Wildman–Crippen LogP) is 2.94. The molecule has 2 bridgehead atoms. The number of anilines is 1. The summed E-state index contributed by atoms with van der Waals surface area (Å²) in [4.78, 5) is 0. The molecule has 4 rings (SSSR count). The van der Waals surface area contributed by atoms with Crippen LogP contribution in [0.3, 0.4) is 0 Å². The van der Waals surface area contributed by atoms with Crippen molar-refractivity contribution in [3.63, 3.8) is 0 Å². The molecule has 5 nitrogen and oxygen atoms in total. The fourth-order valence-electron chi connectivity index (χ4n) is 3.78. The molecule has 3 atom stereocenters. The molecule has 1 heterocycles. The maximum atomic E-state index is 6.10. The Bertz CT molecular complexity index is 653. The molecule has 1 aromatic heterocycles. The van der Waals surface area contributed by atoms with Crippen LogP contribution in [0.5, 0.6) is 0 Å². The van der Waals surface area contributed by atoms with Crippen LogP contribution < -0.4 is 5.73 Å². The van der Waals surface area contributed by atoms with Gasteiger partial charge in [0.25, 0.3) is 0 Å². The van der Waals surface area contributed by atoms with E-state index in [9.17, 15) is 0 Å². The number of nitrogen functional groups attached to an aromatic ring is 1. The average molecular weight is 290 g/mol.